The Morgan fingerprint density at radius 2 is 1.59 bits per heavy atom. The average molecular weight is 296 g/mol. The van der Waals surface area contributed by atoms with Crippen LogP contribution in [0.1, 0.15) is 51.2 Å². The van der Waals surface area contributed by atoms with Crippen LogP contribution in [0.3, 0.4) is 0 Å². The second-order valence-corrected chi connectivity index (χ2v) is 5.58. The van der Waals surface area contributed by atoms with Crippen LogP contribution in [0.2, 0.25) is 0 Å². The molecule has 0 bridgehead atoms. The number of rotatable bonds is 7. The zero-order chi connectivity index (χ0) is 15.8. The Morgan fingerprint density at radius 1 is 0.955 bits per heavy atom. The molecule has 0 fully saturated rings. The van der Waals surface area contributed by atoms with E-state index >= 15 is 0 Å². The van der Waals surface area contributed by atoms with Crippen molar-refractivity contribution < 1.29 is 9.53 Å². The lowest BCUT2D eigenvalue weighted by Crippen LogP contribution is -2.08. The first-order valence-electron chi connectivity index (χ1n) is 8.05. The van der Waals surface area contributed by atoms with Crippen molar-refractivity contribution in [2.75, 3.05) is 0 Å². The van der Waals surface area contributed by atoms with Crippen molar-refractivity contribution in [1.29, 1.82) is 0 Å². The number of ether oxygens (including phenoxy) is 1. The Labute approximate surface area is 133 Å². The fourth-order valence-corrected chi connectivity index (χ4v) is 2.42. The van der Waals surface area contributed by atoms with E-state index < -0.39 is 0 Å². The smallest absolute Gasteiger partial charge is 0.306 e. The van der Waals surface area contributed by atoms with Crippen LogP contribution in [-0.4, -0.2) is 5.97 Å². The van der Waals surface area contributed by atoms with Gasteiger partial charge < -0.3 is 4.74 Å². The maximum Gasteiger partial charge on any atom is 0.306 e. The molecule has 0 N–H and O–H groups in total. The summed E-state index contributed by atoms with van der Waals surface area (Å²) >= 11 is 0. The Kier molecular flexibility index (Phi) is 6.20. The molecule has 2 aromatic rings. The van der Waals surface area contributed by atoms with E-state index in [2.05, 4.69) is 31.2 Å². The van der Waals surface area contributed by atoms with E-state index in [-0.39, 0.29) is 12.1 Å². The largest absolute Gasteiger partial charge is 0.458 e. The van der Waals surface area contributed by atoms with Gasteiger partial charge in [0.25, 0.3) is 0 Å². The van der Waals surface area contributed by atoms with Crippen LogP contribution in [0.5, 0.6) is 0 Å². The molecule has 0 heterocycles. The van der Waals surface area contributed by atoms with E-state index in [1.807, 2.05) is 37.3 Å². The summed E-state index contributed by atoms with van der Waals surface area (Å²) < 4.78 is 5.49. The molecule has 1 atom stereocenters. The first kappa shape index (κ1) is 16.3. The van der Waals surface area contributed by atoms with E-state index in [1.165, 1.54) is 11.1 Å². The van der Waals surface area contributed by atoms with Gasteiger partial charge in [0.1, 0.15) is 6.10 Å². The number of benzene rings is 2. The minimum atomic E-state index is -0.195. The standard InChI is InChI=1S/C20H24O2/c1-3-4-6-11-20(21)22-16(2)17-12-14-19(15-13-17)18-9-7-5-8-10-18/h5,7-10,12-16H,3-4,6,11H2,1-2H3. The zero-order valence-electron chi connectivity index (χ0n) is 13.4. The van der Waals surface area contributed by atoms with E-state index in [0.29, 0.717) is 6.42 Å². The fraction of sp³-hybridized carbons (Fsp3) is 0.350. The summed E-state index contributed by atoms with van der Waals surface area (Å²) in [5, 5.41) is 0. The number of hydrogen-bond acceptors (Lipinski definition) is 2. The van der Waals surface area contributed by atoms with E-state index in [4.69, 9.17) is 4.74 Å². The normalized spacial score (nSPS) is 11.9. The van der Waals surface area contributed by atoms with Crippen LogP contribution in [0, 0.1) is 0 Å². The van der Waals surface area contributed by atoms with Crippen molar-refractivity contribution in [2.24, 2.45) is 0 Å². The van der Waals surface area contributed by atoms with Crippen LogP contribution in [0.4, 0.5) is 0 Å². The Morgan fingerprint density at radius 3 is 2.23 bits per heavy atom. The van der Waals surface area contributed by atoms with Gasteiger partial charge in [-0.05, 0) is 30.0 Å². The van der Waals surface area contributed by atoms with Crippen molar-refractivity contribution in [3.8, 4) is 11.1 Å². The molecule has 0 aromatic heterocycles. The third kappa shape index (κ3) is 4.73. The van der Waals surface area contributed by atoms with Gasteiger partial charge in [-0.2, -0.15) is 0 Å². The number of unbranched alkanes of at least 4 members (excludes halogenated alkanes) is 2. The van der Waals surface area contributed by atoms with Gasteiger partial charge in [0, 0.05) is 6.42 Å². The van der Waals surface area contributed by atoms with E-state index in [0.717, 1.165) is 24.8 Å². The lowest BCUT2D eigenvalue weighted by atomic mass is 10.0. The summed E-state index contributed by atoms with van der Waals surface area (Å²) in [5.41, 5.74) is 3.40. The molecule has 0 saturated carbocycles. The highest BCUT2D eigenvalue weighted by Gasteiger charge is 2.11. The van der Waals surface area contributed by atoms with Crippen molar-refractivity contribution >= 4 is 5.97 Å². The van der Waals surface area contributed by atoms with Crippen LogP contribution in [0.25, 0.3) is 11.1 Å². The van der Waals surface area contributed by atoms with Crippen molar-refractivity contribution in [1.82, 2.24) is 0 Å². The van der Waals surface area contributed by atoms with Crippen LogP contribution < -0.4 is 0 Å². The van der Waals surface area contributed by atoms with Crippen LogP contribution in [-0.2, 0) is 9.53 Å². The third-order valence-corrected chi connectivity index (χ3v) is 3.78. The predicted octanol–water partition coefficient (Wildman–Crippen LogP) is 5.54. The minimum Gasteiger partial charge on any atom is -0.458 e. The predicted molar refractivity (Wildman–Crippen MR) is 90.5 cm³/mol. The topological polar surface area (TPSA) is 26.3 Å². The lowest BCUT2D eigenvalue weighted by Gasteiger charge is -2.14. The van der Waals surface area contributed by atoms with Crippen molar-refractivity contribution in [3.05, 3.63) is 60.2 Å². The molecule has 1 unspecified atom stereocenters. The van der Waals surface area contributed by atoms with Gasteiger partial charge in [-0.15, -0.1) is 0 Å². The van der Waals surface area contributed by atoms with E-state index in [1.54, 1.807) is 0 Å². The summed E-state index contributed by atoms with van der Waals surface area (Å²) in [4.78, 5) is 11.8. The van der Waals surface area contributed by atoms with Gasteiger partial charge >= 0.3 is 5.97 Å². The number of carbonyl (C=O) groups excluding carboxylic acids is 1. The summed E-state index contributed by atoms with van der Waals surface area (Å²) in [7, 11) is 0. The van der Waals surface area contributed by atoms with Crippen molar-refractivity contribution in [2.45, 2.75) is 45.6 Å². The van der Waals surface area contributed by atoms with Gasteiger partial charge in [0.15, 0.2) is 0 Å². The Hall–Kier alpha value is -2.09. The third-order valence-electron chi connectivity index (χ3n) is 3.78. The molecular weight excluding hydrogens is 272 g/mol. The van der Waals surface area contributed by atoms with Crippen LogP contribution >= 0.6 is 0 Å². The van der Waals surface area contributed by atoms with Gasteiger partial charge in [0.05, 0.1) is 0 Å². The quantitative estimate of drug-likeness (QED) is 0.495. The van der Waals surface area contributed by atoms with Gasteiger partial charge in [-0.25, -0.2) is 0 Å². The molecule has 0 amide bonds. The molecule has 0 saturated heterocycles. The highest BCUT2D eigenvalue weighted by molar-refractivity contribution is 5.69. The van der Waals surface area contributed by atoms with Crippen LogP contribution in [0.15, 0.2) is 54.6 Å². The van der Waals surface area contributed by atoms with E-state index in [9.17, 15) is 4.79 Å². The fourth-order valence-electron chi connectivity index (χ4n) is 2.42. The Balaban J connectivity index is 1.94. The molecule has 2 heteroatoms. The monoisotopic (exact) mass is 296 g/mol. The molecular formula is C20H24O2. The maximum atomic E-state index is 11.8. The molecule has 0 aliphatic heterocycles. The molecule has 22 heavy (non-hydrogen) atoms. The number of esters is 1. The summed E-state index contributed by atoms with van der Waals surface area (Å²) in [6, 6.07) is 18.5. The minimum absolute atomic E-state index is 0.104. The first-order valence-corrected chi connectivity index (χ1v) is 8.05. The first-order chi connectivity index (χ1) is 10.7. The maximum absolute atomic E-state index is 11.8. The SMILES string of the molecule is CCCCCC(=O)OC(C)c1ccc(-c2ccccc2)cc1. The molecule has 2 aromatic carbocycles. The van der Waals surface area contributed by atoms with Gasteiger partial charge in [0.2, 0.25) is 0 Å². The average Bonchev–Trinajstić information content (AvgIpc) is 2.56. The molecule has 116 valence electrons. The number of carbonyl (C=O) groups is 1. The van der Waals surface area contributed by atoms with Crippen molar-refractivity contribution in [3.63, 3.8) is 0 Å². The molecule has 0 aliphatic rings. The summed E-state index contributed by atoms with van der Waals surface area (Å²) in [6.45, 7) is 4.05. The number of hydrogen-bond donors (Lipinski definition) is 0. The molecule has 2 nitrogen and oxygen atoms in total. The van der Waals surface area contributed by atoms with Gasteiger partial charge in [-0.1, -0.05) is 74.4 Å². The zero-order valence-corrected chi connectivity index (χ0v) is 13.4. The highest BCUT2D eigenvalue weighted by Crippen LogP contribution is 2.23. The molecule has 2 rings (SSSR count). The second-order valence-electron chi connectivity index (χ2n) is 5.58. The highest BCUT2D eigenvalue weighted by atomic mass is 16.5. The van der Waals surface area contributed by atoms with Gasteiger partial charge in [-0.3, -0.25) is 4.79 Å². The Bertz CT molecular complexity index is 572. The lowest BCUT2D eigenvalue weighted by molar-refractivity contribution is -0.148. The second kappa shape index (κ2) is 8.38. The summed E-state index contributed by atoms with van der Waals surface area (Å²) in [6.07, 6.45) is 3.42. The molecule has 0 radical (unpaired) electrons. The summed E-state index contributed by atoms with van der Waals surface area (Å²) in [5.74, 6) is -0.104. The molecule has 0 spiro atoms. The molecule has 0 aliphatic carbocycles.